The molecule has 0 spiro atoms. The van der Waals surface area contributed by atoms with Crippen LogP contribution in [-0.2, 0) is 6.54 Å². The predicted octanol–water partition coefficient (Wildman–Crippen LogP) is 2.85. The Morgan fingerprint density at radius 2 is 2.05 bits per heavy atom. The van der Waals surface area contributed by atoms with Crippen LogP contribution in [0.4, 0.5) is 8.78 Å². The highest BCUT2D eigenvalue weighted by Crippen LogP contribution is 2.21. The third-order valence-electron chi connectivity index (χ3n) is 3.84. The molecule has 2 unspecified atom stereocenters. The van der Waals surface area contributed by atoms with Crippen molar-refractivity contribution in [2.24, 2.45) is 11.7 Å². The van der Waals surface area contributed by atoms with Gasteiger partial charge in [-0.05, 0) is 49.9 Å². The zero-order chi connectivity index (χ0) is 14.5. The highest BCUT2D eigenvalue weighted by atomic mass is 19.3. The van der Waals surface area contributed by atoms with Crippen molar-refractivity contribution in [3.8, 4) is 5.75 Å². The van der Waals surface area contributed by atoms with Gasteiger partial charge in [-0.3, -0.25) is 4.90 Å². The molecule has 0 radical (unpaired) electrons. The molecule has 0 bridgehead atoms. The lowest BCUT2D eigenvalue weighted by Crippen LogP contribution is -2.41. The molecule has 2 rings (SSSR count). The molecule has 20 heavy (non-hydrogen) atoms. The second-order valence-electron chi connectivity index (χ2n) is 5.52. The van der Waals surface area contributed by atoms with Crippen LogP contribution in [-0.4, -0.2) is 30.6 Å². The van der Waals surface area contributed by atoms with Gasteiger partial charge in [-0.25, -0.2) is 0 Å². The van der Waals surface area contributed by atoms with Gasteiger partial charge in [0, 0.05) is 19.1 Å². The minimum Gasteiger partial charge on any atom is -0.435 e. The molecule has 0 aliphatic carbocycles. The lowest BCUT2D eigenvalue weighted by molar-refractivity contribution is -0.0498. The van der Waals surface area contributed by atoms with Crippen molar-refractivity contribution in [3.05, 3.63) is 29.8 Å². The van der Waals surface area contributed by atoms with Crippen LogP contribution in [0.15, 0.2) is 24.3 Å². The maximum Gasteiger partial charge on any atom is 0.387 e. The van der Waals surface area contributed by atoms with Crippen LogP contribution in [0.25, 0.3) is 0 Å². The molecule has 1 aromatic carbocycles. The Labute approximate surface area is 118 Å². The maximum atomic E-state index is 12.1. The van der Waals surface area contributed by atoms with Gasteiger partial charge in [0.05, 0.1) is 0 Å². The molecule has 1 heterocycles. The van der Waals surface area contributed by atoms with Gasteiger partial charge in [0.25, 0.3) is 0 Å². The first-order valence-corrected chi connectivity index (χ1v) is 7.06. The minimum absolute atomic E-state index is 0.204. The van der Waals surface area contributed by atoms with E-state index in [0.717, 1.165) is 25.2 Å². The Morgan fingerprint density at radius 3 is 2.65 bits per heavy atom. The standard InChI is InChI=1S/C15H22F2N2O/c1-11(18)13-3-2-8-19(10-13)9-12-4-6-14(7-5-12)20-15(16)17/h4-7,11,13,15H,2-3,8-10,18H2,1H3. The molecule has 1 aliphatic heterocycles. The average Bonchev–Trinajstić information content (AvgIpc) is 2.41. The van der Waals surface area contributed by atoms with Gasteiger partial charge >= 0.3 is 6.61 Å². The van der Waals surface area contributed by atoms with Gasteiger partial charge in [-0.2, -0.15) is 8.78 Å². The van der Waals surface area contributed by atoms with E-state index >= 15 is 0 Å². The molecule has 1 saturated heterocycles. The van der Waals surface area contributed by atoms with E-state index in [-0.39, 0.29) is 11.8 Å². The molecule has 0 aromatic heterocycles. The molecule has 2 atom stereocenters. The zero-order valence-electron chi connectivity index (χ0n) is 11.8. The van der Waals surface area contributed by atoms with E-state index in [9.17, 15) is 8.78 Å². The molecule has 1 fully saturated rings. The first-order valence-electron chi connectivity index (χ1n) is 7.06. The number of nitrogens with zero attached hydrogens (tertiary/aromatic N) is 1. The Bertz CT molecular complexity index is 409. The number of ether oxygens (including phenoxy) is 1. The third-order valence-corrected chi connectivity index (χ3v) is 3.84. The van der Waals surface area contributed by atoms with Crippen molar-refractivity contribution in [2.75, 3.05) is 13.1 Å². The fourth-order valence-corrected chi connectivity index (χ4v) is 2.70. The topological polar surface area (TPSA) is 38.5 Å². The van der Waals surface area contributed by atoms with Crippen LogP contribution in [0.2, 0.25) is 0 Å². The lowest BCUT2D eigenvalue weighted by Gasteiger charge is -2.34. The first-order chi connectivity index (χ1) is 9.54. The van der Waals surface area contributed by atoms with Crippen molar-refractivity contribution in [2.45, 2.75) is 39.0 Å². The van der Waals surface area contributed by atoms with Crippen LogP contribution >= 0.6 is 0 Å². The second kappa shape index (κ2) is 6.99. The van der Waals surface area contributed by atoms with E-state index in [0.29, 0.717) is 5.92 Å². The molecule has 5 heteroatoms. The summed E-state index contributed by atoms with van der Waals surface area (Å²) in [6, 6.07) is 7.09. The molecule has 1 aromatic rings. The van der Waals surface area contributed by atoms with Gasteiger partial charge in [-0.15, -0.1) is 0 Å². The van der Waals surface area contributed by atoms with Crippen molar-refractivity contribution in [1.29, 1.82) is 0 Å². The first kappa shape index (κ1) is 15.2. The smallest absolute Gasteiger partial charge is 0.387 e. The number of rotatable bonds is 5. The van der Waals surface area contributed by atoms with Gasteiger partial charge in [0.2, 0.25) is 0 Å². The van der Waals surface area contributed by atoms with Gasteiger partial charge in [0.1, 0.15) is 5.75 Å². The van der Waals surface area contributed by atoms with Crippen LogP contribution in [0, 0.1) is 5.92 Å². The SMILES string of the molecule is CC(N)C1CCCN(Cc2ccc(OC(F)F)cc2)C1. The van der Waals surface area contributed by atoms with Crippen molar-refractivity contribution < 1.29 is 13.5 Å². The highest BCUT2D eigenvalue weighted by Gasteiger charge is 2.22. The van der Waals surface area contributed by atoms with Crippen molar-refractivity contribution in [1.82, 2.24) is 4.90 Å². The molecular formula is C15H22F2N2O. The predicted molar refractivity (Wildman–Crippen MR) is 74.7 cm³/mol. The normalized spacial score (nSPS) is 21.9. The molecule has 0 amide bonds. The van der Waals surface area contributed by atoms with E-state index < -0.39 is 6.61 Å². The van der Waals surface area contributed by atoms with E-state index in [2.05, 4.69) is 16.6 Å². The monoisotopic (exact) mass is 284 g/mol. The number of alkyl halides is 2. The van der Waals surface area contributed by atoms with Crippen LogP contribution < -0.4 is 10.5 Å². The third kappa shape index (κ3) is 4.42. The molecular weight excluding hydrogens is 262 g/mol. The quantitative estimate of drug-likeness (QED) is 0.903. The number of likely N-dealkylation sites (tertiary alicyclic amines) is 1. The number of nitrogens with two attached hydrogens (primary N) is 1. The molecule has 112 valence electrons. The Hall–Kier alpha value is -1.20. The number of hydrogen-bond donors (Lipinski definition) is 1. The van der Waals surface area contributed by atoms with Crippen LogP contribution in [0.3, 0.4) is 0 Å². The molecule has 3 nitrogen and oxygen atoms in total. The Kier molecular flexibility index (Phi) is 5.31. The molecule has 2 N–H and O–H groups in total. The summed E-state index contributed by atoms with van der Waals surface area (Å²) in [4.78, 5) is 2.38. The number of piperidine rings is 1. The Morgan fingerprint density at radius 1 is 1.35 bits per heavy atom. The summed E-state index contributed by atoms with van der Waals surface area (Å²) in [6.07, 6.45) is 2.36. The summed E-state index contributed by atoms with van der Waals surface area (Å²) < 4.78 is 28.5. The van der Waals surface area contributed by atoms with E-state index in [1.165, 1.54) is 12.8 Å². The number of benzene rings is 1. The molecule has 0 saturated carbocycles. The van der Waals surface area contributed by atoms with Gasteiger partial charge in [0.15, 0.2) is 0 Å². The lowest BCUT2D eigenvalue weighted by atomic mass is 9.92. The summed E-state index contributed by atoms with van der Waals surface area (Å²) >= 11 is 0. The zero-order valence-corrected chi connectivity index (χ0v) is 11.8. The summed E-state index contributed by atoms with van der Waals surface area (Å²) in [5.74, 6) is 0.751. The van der Waals surface area contributed by atoms with Gasteiger partial charge in [-0.1, -0.05) is 12.1 Å². The van der Waals surface area contributed by atoms with Crippen LogP contribution in [0.5, 0.6) is 5.75 Å². The minimum atomic E-state index is -2.77. The second-order valence-corrected chi connectivity index (χ2v) is 5.52. The Balaban J connectivity index is 1.89. The fraction of sp³-hybridized carbons (Fsp3) is 0.600. The van der Waals surface area contributed by atoms with E-state index in [1.54, 1.807) is 12.1 Å². The van der Waals surface area contributed by atoms with Crippen LogP contribution in [0.1, 0.15) is 25.3 Å². The maximum absolute atomic E-state index is 12.1. The average molecular weight is 284 g/mol. The summed E-state index contributed by atoms with van der Waals surface area (Å²) in [5, 5.41) is 0. The number of halogens is 2. The summed E-state index contributed by atoms with van der Waals surface area (Å²) in [6.45, 7) is 2.20. The van der Waals surface area contributed by atoms with Crippen molar-refractivity contribution >= 4 is 0 Å². The fourth-order valence-electron chi connectivity index (χ4n) is 2.70. The highest BCUT2D eigenvalue weighted by molar-refractivity contribution is 5.27. The van der Waals surface area contributed by atoms with Gasteiger partial charge < -0.3 is 10.5 Å². The van der Waals surface area contributed by atoms with Crippen molar-refractivity contribution in [3.63, 3.8) is 0 Å². The summed E-state index contributed by atoms with van der Waals surface area (Å²) in [7, 11) is 0. The summed E-state index contributed by atoms with van der Waals surface area (Å²) in [5.41, 5.74) is 7.08. The molecule has 1 aliphatic rings. The largest absolute Gasteiger partial charge is 0.435 e. The number of hydrogen-bond acceptors (Lipinski definition) is 3. The van der Waals surface area contributed by atoms with E-state index in [1.807, 2.05) is 12.1 Å². The van der Waals surface area contributed by atoms with E-state index in [4.69, 9.17) is 5.73 Å².